The van der Waals surface area contributed by atoms with Crippen LogP contribution in [0.2, 0.25) is 0 Å². The summed E-state index contributed by atoms with van der Waals surface area (Å²) in [6, 6.07) is 5.55. The van der Waals surface area contributed by atoms with Crippen molar-refractivity contribution in [3.8, 4) is 17.1 Å². The summed E-state index contributed by atoms with van der Waals surface area (Å²) < 4.78 is 2.07. The summed E-state index contributed by atoms with van der Waals surface area (Å²) in [6.07, 6.45) is 6.55. The zero-order chi connectivity index (χ0) is 12.5. The smallest absolute Gasteiger partial charge is 0.167 e. The third kappa shape index (κ3) is 1.81. The average Bonchev–Trinajstić information content (AvgIpc) is 2.98. The molecule has 1 fully saturated rings. The Labute approximate surface area is 105 Å². The van der Waals surface area contributed by atoms with Gasteiger partial charge >= 0.3 is 0 Å². The molecule has 5 nitrogen and oxygen atoms in total. The lowest BCUT2D eigenvalue weighted by molar-refractivity contribution is 0.474. The van der Waals surface area contributed by atoms with E-state index in [0.717, 1.165) is 18.7 Å². The van der Waals surface area contributed by atoms with Crippen molar-refractivity contribution in [3.05, 3.63) is 24.5 Å². The number of phenols is 1. The molecule has 3 rings (SSSR count). The predicted molar refractivity (Wildman–Crippen MR) is 69.0 cm³/mol. The molecule has 0 atom stereocenters. The Morgan fingerprint density at radius 3 is 2.78 bits per heavy atom. The summed E-state index contributed by atoms with van der Waals surface area (Å²) in [5.74, 6) is 0.877. The minimum Gasteiger partial charge on any atom is -0.507 e. The lowest BCUT2D eigenvalue weighted by atomic mass is 10.1. The van der Waals surface area contributed by atoms with Gasteiger partial charge in [-0.2, -0.15) is 0 Å². The van der Waals surface area contributed by atoms with Crippen LogP contribution in [0.15, 0.2) is 24.5 Å². The molecule has 0 spiro atoms. The molecule has 1 aliphatic rings. The molecule has 1 heterocycles. The largest absolute Gasteiger partial charge is 0.507 e. The third-order valence-electron chi connectivity index (χ3n) is 3.55. The van der Waals surface area contributed by atoms with E-state index < -0.39 is 0 Å². The molecule has 2 aromatic rings. The van der Waals surface area contributed by atoms with Crippen molar-refractivity contribution in [3.63, 3.8) is 0 Å². The van der Waals surface area contributed by atoms with E-state index in [4.69, 9.17) is 5.73 Å². The second-order valence-corrected chi connectivity index (χ2v) is 4.78. The molecule has 5 heteroatoms. The van der Waals surface area contributed by atoms with E-state index >= 15 is 0 Å². The van der Waals surface area contributed by atoms with Gasteiger partial charge in [0.1, 0.15) is 12.1 Å². The molecule has 1 aromatic carbocycles. The minimum atomic E-state index is 0.155. The maximum absolute atomic E-state index is 9.97. The van der Waals surface area contributed by atoms with E-state index in [9.17, 15) is 5.11 Å². The highest BCUT2D eigenvalue weighted by Crippen LogP contribution is 2.35. The van der Waals surface area contributed by atoms with Gasteiger partial charge in [-0.3, -0.25) is 0 Å². The van der Waals surface area contributed by atoms with Crippen LogP contribution in [0.1, 0.15) is 31.7 Å². The van der Waals surface area contributed by atoms with Gasteiger partial charge in [-0.05, 0) is 25.0 Å². The Morgan fingerprint density at radius 2 is 2.06 bits per heavy atom. The lowest BCUT2D eigenvalue weighted by Crippen LogP contribution is -2.05. The maximum Gasteiger partial charge on any atom is 0.167 e. The first-order valence-corrected chi connectivity index (χ1v) is 6.24. The molecule has 18 heavy (non-hydrogen) atoms. The number of aromatic nitrogens is 3. The number of nitrogen functional groups attached to an aromatic ring is 1. The molecule has 0 unspecified atom stereocenters. The second kappa shape index (κ2) is 4.33. The Hall–Kier alpha value is -2.04. The Bertz CT molecular complexity index is 558. The Morgan fingerprint density at radius 1 is 1.28 bits per heavy atom. The first kappa shape index (κ1) is 11.1. The van der Waals surface area contributed by atoms with Crippen molar-refractivity contribution in [2.45, 2.75) is 31.7 Å². The topological polar surface area (TPSA) is 77.0 Å². The molecule has 1 aliphatic carbocycles. The van der Waals surface area contributed by atoms with Crippen LogP contribution >= 0.6 is 0 Å². The number of rotatable bonds is 2. The third-order valence-corrected chi connectivity index (χ3v) is 3.55. The van der Waals surface area contributed by atoms with Gasteiger partial charge in [0, 0.05) is 17.8 Å². The van der Waals surface area contributed by atoms with Crippen LogP contribution in [0.25, 0.3) is 11.4 Å². The van der Waals surface area contributed by atoms with Crippen LogP contribution in [0.3, 0.4) is 0 Å². The van der Waals surface area contributed by atoms with Crippen LogP contribution in [0.4, 0.5) is 5.69 Å². The van der Waals surface area contributed by atoms with Gasteiger partial charge in [0.05, 0.1) is 5.56 Å². The van der Waals surface area contributed by atoms with Crippen molar-refractivity contribution in [2.75, 3.05) is 5.73 Å². The molecule has 1 aromatic heterocycles. The number of nitrogens with two attached hydrogens (primary N) is 1. The minimum absolute atomic E-state index is 0.155. The number of benzene rings is 1. The van der Waals surface area contributed by atoms with Gasteiger partial charge in [0.2, 0.25) is 0 Å². The number of aromatic hydroxyl groups is 1. The standard InChI is InChI=1S/C13H16N4O/c14-9-5-6-11(12(18)7-9)13-16-15-8-17(13)10-3-1-2-4-10/h5-8,10,18H,1-4,14H2. The number of hydrogen-bond donors (Lipinski definition) is 2. The molecule has 94 valence electrons. The Balaban J connectivity index is 2.03. The van der Waals surface area contributed by atoms with E-state index in [1.165, 1.54) is 12.8 Å². The van der Waals surface area contributed by atoms with Gasteiger partial charge in [0.15, 0.2) is 5.82 Å². The SMILES string of the molecule is Nc1ccc(-c2nncn2C2CCCC2)c(O)c1. The first-order valence-electron chi connectivity index (χ1n) is 6.24. The molecule has 3 N–H and O–H groups in total. The zero-order valence-electron chi connectivity index (χ0n) is 10.1. The van der Waals surface area contributed by atoms with Gasteiger partial charge < -0.3 is 15.4 Å². The van der Waals surface area contributed by atoms with Crippen molar-refractivity contribution in [2.24, 2.45) is 0 Å². The first-order chi connectivity index (χ1) is 8.75. The molecule has 0 aliphatic heterocycles. The highest BCUT2D eigenvalue weighted by Gasteiger charge is 2.21. The molecule has 0 bridgehead atoms. The van der Waals surface area contributed by atoms with Crippen LogP contribution in [-0.2, 0) is 0 Å². The predicted octanol–water partition coefficient (Wildman–Crippen LogP) is 2.35. The van der Waals surface area contributed by atoms with Crippen molar-refractivity contribution in [1.29, 1.82) is 0 Å². The fourth-order valence-electron chi connectivity index (χ4n) is 2.62. The summed E-state index contributed by atoms with van der Waals surface area (Å²) >= 11 is 0. The molecule has 1 saturated carbocycles. The quantitative estimate of drug-likeness (QED) is 0.795. The second-order valence-electron chi connectivity index (χ2n) is 4.78. The lowest BCUT2D eigenvalue weighted by Gasteiger charge is -2.14. The normalized spacial score (nSPS) is 16.2. The van der Waals surface area contributed by atoms with Gasteiger partial charge in [-0.25, -0.2) is 0 Å². The van der Waals surface area contributed by atoms with Crippen LogP contribution < -0.4 is 5.73 Å². The van der Waals surface area contributed by atoms with Gasteiger partial charge in [-0.15, -0.1) is 10.2 Å². The fourth-order valence-corrected chi connectivity index (χ4v) is 2.62. The van der Waals surface area contributed by atoms with Crippen molar-refractivity contribution in [1.82, 2.24) is 14.8 Å². The van der Waals surface area contributed by atoms with Crippen molar-refractivity contribution >= 4 is 5.69 Å². The molecule has 0 amide bonds. The number of hydrogen-bond acceptors (Lipinski definition) is 4. The maximum atomic E-state index is 9.97. The summed E-state index contributed by atoms with van der Waals surface area (Å²) in [7, 11) is 0. The number of phenolic OH excluding ortho intramolecular Hbond substituents is 1. The van der Waals surface area contributed by atoms with Crippen LogP contribution in [0.5, 0.6) is 5.75 Å². The van der Waals surface area contributed by atoms with Crippen LogP contribution in [-0.4, -0.2) is 19.9 Å². The fraction of sp³-hybridized carbons (Fsp3) is 0.385. The highest BCUT2D eigenvalue weighted by atomic mass is 16.3. The van der Waals surface area contributed by atoms with E-state index in [-0.39, 0.29) is 5.75 Å². The Kier molecular flexibility index (Phi) is 2.66. The van der Waals surface area contributed by atoms with Crippen molar-refractivity contribution < 1.29 is 5.11 Å². The average molecular weight is 244 g/mol. The number of anilines is 1. The molecular formula is C13H16N4O. The summed E-state index contributed by atoms with van der Waals surface area (Å²) in [5.41, 5.74) is 6.87. The molecule has 0 saturated heterocycles. The highest BCUT2D eigenvalue weighted by molar-refractivity contribution is 5.67. The van der Waals surface area contributed by atoms with Gasteiger partial charge in [-0.1, -0.05) is 12.8 Å². The van der Waals surface area contributed by atoms with Crippen LogP contribution in [0, 0.1) is 0 Å². The van der Waals surface area contributed by atoms with E-state index in [1.807, 2.05) is 0 Å². The van der Waals surface area contributed by atoms with Gasteiger partial charge in [0.25, 0.3) is 0 Å². The monoisotopic (exact) mass is 244 g/mol. The number of nitrogens with zero attached hydrogens (tertiary/aromatic N) is 3. The molecular weight excluding hydrogens is 228 g/mol. The zero-order valence-corrected chi connectivity index (χ0v) is 10.1. The van der Waals surface area contributed by atoms with E-state index in [2.05, 4.69) is 14.8 Å². The van der Waals surface area contributed by atoms with E-state index in [0.29, 0.717) is 17.3 Å². The molecule has 0 radical (unpaired) electrons. The summed E-state index contributed by atoms with van der Waals surface area (Å²) in [5, 5.41) is 18.1. The summed E-state index contributed by atoms with van der Waals surface area (Å²) in [6.45, 7) is 0. The van der Waals surface area contributed by atoms with E-state index in [1.54, 1.807) is 24.5 Å². The summed E-state index contributed by atoms with van der Waals surface area (Å²) in [4.78, 5) is 0.